The van der Waals surface area contributed by atoms with Crippen molar-refractivity contribution in [3.05, 3.63) is 17.3 Å². The Labute approximate surface area is 136 Å². The Morgan fingerprint density at radius 1 is 1.36 bits per heavy atom. The van der Waals surface area contributed by atoms with Gasteiger partial charge in [0.25, 0.3) is 0 Å². The van der Waals surface area contributed by atoms with Gasteiger partial charge in [0.2, 0.25) is 10.0 Å². The molecule has 22 heavy (non-hydrogen) atoms. The van der Waals surface area contributed by atoms with Crippen LogP contribution >= 0.6 is 11.6 Å². The molecule has 2 fully saturated rings. The van der Waals surface area contributed by atoms with Gasteiger partial charge in [0.05, 0.1) is 5.02 Å². The molecule has 0 aliphatic carbocycles. The second kappa shape index (κ2) is 5.96. The number of piperidine rings is 2. The van der Waals surface area contributed by atoms with Crippen LogP contribution in [0.2, 0.25) is 5.02 Å². The summed E-state index contributed by atoms with van der Waals surface area (Å²) in [5.41, 5.74) is 5.79. The second-order valence-electron chi connectivity index (χ2n) is 6.17. The minimum Gasteiger partial charge on any atom is -0.383 e. The number of aromatic nitrogens is 1. The summed E-state index contributed by atoms with van der Waals surface area (Å²) in [4.78, 5) is 6.19. The Morgan fingerprint density at radius 2 is 2.14 bits per heavy atom. The molecule has 0 radical (unpaired) electrons. The highest BCUT2D eigenvalue weighted by atomic mass is 35.5. The number of nitrogens with two attached hydrogens (primary N) is 1. The molecule has 2 aliphatic rings. The number of fused-ring (bicyclic) bond motifs is 1. The van der Waals surface area contributed by atoms with Crippen LogP contribution in [-0.2, 0) is 10.0 Å². The molecule has 0 amide bonds. The second-order valence-corrected chi connectivity index (χ2v) is 8.47. The van der Waals surface area contributed by atoms with Crippen LogP contribution in [0.5, 0.6) is 0 Å². The largest absolute Gasteiger partial charge is 0.383 e. The van der Waals surface area contributed by atoms with E-state index in [1.807, 2.05) is 0 Å². The maximum atomic E-state index is 13.0. The lowest BCUT2D eigenvalue weighted by molar-refractivity contribution is 0.0820. The lowest BCUT2D eigenvalue weighted by Crippen LogP contribution is -2.54. The molecule has 3 heterocycles. The van der Waals surface area contributed by atoms with Crippen molar-refractivity contribution >= 4 is 27.4 Å². The predicted molar refractivity (Wildman–Crippen MR) is 86.2 cm³/mol. The van der Waals surface area contributed by atoms with Crippen LogP contribution in [0.3, 0.4) is 0 Å². The molecule has 1 aromatic rings. The molecule has 0 unspecified atom stereocenters. The first-order valence-corrected chi connectivity index (χ1v) is 9.33. The summed E-state index contributed by atoms with van der Waals surface area (Å²) in [6.45, 7) is 2.40. The predicted octanol–water partition coefficient (Wildman–Crippen LogP) is 1.42. The van der Waals surface area contributed by atoms with Crippen molar-refractivity contribution in [3.63, 3.8) is 0 Å². The van der Waals surface area contributed by atoms with Crippen LogP contribution in [-0.4, -0.2) is 55.3 Å². The number of sulfonamides is 1. The first kappa shape index (κ1) is 16.0. The lowest BCUT2D eigenvalue weighted by Gasteiger charge is -2.45. The minimum atomic E-state index is -3.66. The topological polar surface area (TPSA) is 79.5 Å². The van der Waals surface area contributed by atoms with Gasteiger partial charge in [-0.2, -0.15) is 4.31 Å². The number of hydrogen-bond acceptors (Lipinski definition) is 5. The van der Waals surface area contributed by atoms with Crippen molar-refractivity contribution in [3.8, 4) is 0 Å². The average Bonchev–Trinajstić information content (AvgIpc) is 2.48. The third-order valence-electron chi connectivity index (χ3n) is 4.66. The summed E-state index contributed by atoms with van der Waals surface area (Å²) in [5, 5.41) is 0.282. The van der Waals surface area contributed by atoms with Gasteiger partial charge in [-0.3, -0.25) is 0 Å². The van der Waals surface area contributed by atoms with Crippen LogP contribution in [0.25, 0.3) is 0 Å². The Kier molecular flexibility index (Phi) is 4.33. The molecule has 6 nitrogen and oxygen atoms in total. The third kappa shape index (κ3) is 2.82. The van der Waals surface area contributed by atoms with E-state index in [9.17, 15) is 8.42 Å². The molecule has 8 heteroatoms. The molecule has 1 aromatic heterocycles. The van der Waals surface area contributed by atoms with Crippen molar-refractivity contribution in [1.29, 1.82) is 0 Å². The van der Waals surface area contributed by atoms with Crippen LogP contribution in [0.4, 0.5) is 5.82 Å². The zero-order valence-corrected chi connectivity index (χ0v) is 14.1. The fourth-order valence-electron chi connectivity index (χ4n) is 3.60. The van der Waals surface area contributed by atoms with Crippen molar-refractivity contribution in [1.82, 2.24) is 14.2 Å². The van der Waals surface area contributed by atoms with Crippen molar-refractivity contribution < 1.29 is 8.42 Å². The van der Waals surface area contributed by atoms with Crippen LogP contribution < -0.4 is 5.73 Å². The van der Waals surface area contributed by atoms with Gasteiger partial charge in [-0.05, 0) is 44.8 Å². The van der Waals surface area contributed by atoms with E-state index in [2.05, 4.69) is 16.9 Å². The average molecular weight is 345 g/mol. The number of halogens is 1. The number of nitrogens with zero attached hydrogens (tertiary/aromatic N) is 3. The molecule has 0 spiro atoms. The molecule has 2 saturated heterocycles. The van der Waals surface area contributed by atoms with E-state index in [4.69, 9.17) is 17.3 Å². The van der Waals surface area contributed by atoms with E-state index in [1.54, 1.807) is 4.31 Å². The van der Waals surface area contributed by atoms with Gasteiger partial charge in [-0.15, -0.1) is 0 Å². The Balaban J connectivity index is 1.96. The van der Waals surface area contributed by atoms with Gasteiger partial charge >= 0.3 is 0 Å². The summed E-state index contributed by atoms with van der Waals surface area (Å²) in [7, 11) is -1.57. The van der Waals surface area contributed by atoms with Crippen LogP contribution in [0, 0.1) is 5.92 Å². The van der Waals surface area contributed by atoms with Gasteiger partial charge in [-0.1, -0.05) is 11.6 Å². The first-order valence-electron chi connectivity index (χ1n) is 7.51. The summed E-state index contributed by atoms with van der Waals surface area (Å²) in [6, 6.07) is 1.45. The van der Waals surface area contributed by atoms with E-state index in [1.165, 1.54) is 12.3 Å². The number of pyridine rings is 1. The number of rotatable bonds is 2. The van der Waals surface area contributed by atoms with E-state index in [0.29, 0.717) is 12.5 Å². The number of likely N-dealkylation sites (tertiary alicyclic amines) is 1. The highest BCUT2D eigenvalue weighted by Gasteiger charge is 2.41. The Hall–Kier alpha value is -0.890. The molecule has 0 saturated carbocycles. The van der Waals surface area contributed by atoms with Gasteiger partial charge in [-0.25, -0.2) is 13.4 Å². The lowest BCUT2D eigenvalue weighted by atomic mass is 9.85. The molecule has 2 atom stereocenters. The zero-order valence-electron chi connectivity index (χ0n) is 12.6. The van der Waals surface area contributed by atoms with Crippen LogP contribution in [0.1, 0.15) is 19.3 Å². The fourth-order valence-corrected chi connectivity index (χ4v) is 5.67. The monoisotopic (exact) mass is 344 g/mol. The summed E-state index contributed by atoms with van der Waals surface area (Å²) in [6.07, 6.45) is 4.17. The third-order valence-corrected chi connectivity index (χ3v) is 6.82. The Bertz CT molecular complexity index is 667. The van der Waals surface area contributed by atoms with Crippen molar-refractivity contribution in [2.24, 2.45) is 5.92 Å². The minimum absolute atomic E-state index is 0.0134. The molecule has 3 rings (SSSR count). The van der Waals surface area contributed by atoms with Gasteiger partial charge in [0.1, 0.15) is 10.7 Å². The molecule has 0 aromatic carbocycles. The number of hydrogen-bond donors (Lipinski definition) is 1. The van der Waals surface area contributed by atoms with Gasteiger partial charge < -0.3 is 10.6 Å². The van der Waals surface area contributed by atoms with E-state index in [0.717, 1.165) is 32.4 Å². The van der Waals surface area contributed by atoms with E-state index >= 15 is 0 Å². The van der Waals surface area contributed by atoms with E-state index in [-0.39, 0.29) is 21.8 Å². The molecule has 2 aliphatic heterocycles. The first-order chi connectivity index (χ1) is 10.4. The molecule has 0 bridgehead atoms. The van der Waals surface area contributed by atoms with E-state index < -0.39 is 10.0 Å². The molecular weight excluding hydrogens is 324 g/mol. The van der Waals surface area contributed by atoms with Gasteiger partial charge in [0, 0.05) is 25.3 Å². The SMILES string of the molecule is CN1CC[C@@H]2[C@H](CCCN2S(=O)(=O)c2cc(Cl)cnc2N)C1. The fraction of sp³-hybridized carbons (Fsp3) is 0.643. The summed E-state index contributed by atoms with van der Waals surface area (Å²) in [5.74, 6) is 0.398. The molecular formula is C14H21ClN4O2S. The number of nitrogen functional groups attached to an aromatic ring is 1. The normalized spacial score (nSPS) is 27.5. The van der Waals surface area contributed by atoms with Crippen molar-refractivity contribution in [2.45, 2.75) is 30.2 Å². The summed E-state index contributed by atoms with van der Waals surface area (Å²) >= 11 is 5.91. The van der Waals surface area contributed by atoms with Crippen molar-refractivity contribution in [2.75, 3.05) is 32.4 Å². The zero-order chi connectivity index (χ0) is 15.9. The maximum absolute atomic E-state index is 13.0. The molecule has 122 valence electrons. The number of anilines is 1. The Morgan fingerprint density at radius 3 is 2.91 bits per heavy atom. The summed E-state index contributed by atoms with van der Waals surface area (Å²) < 4.78 is 27.7. The highest BCUT2D eigenvalue weighted by molar-refractivity contribution is 7.89. The molecule has 2 N–H and O–H groups in total. The highest BCUT2D eigenvalue weighted by Crippen LogP contribution is 2.35. The van der Waals surface area contributed by atoms with Crippen LogP contribution in [0.15, 0.2) is 17.2 Å². The quantitative estimate of drug-likeness (QED) is 0.877. The van der Waals surface area contributed by atoms with Gasteiger partial charge in [0.15, 0.2) is 0 Å². The smallest absolute Gasteiger partial charge is 0.247 e. The maximum Gasteiger partial charge on any atom is 0.247 e. The standard InChI is InChI=1S/C14H21ClN4O2S/c1-18-6-4-12-10(9-18)3-2-5-19(12)22(20,21)13-7-11(15)8-17-14(13)16/h7-8,10,12H,2-6,9H2,1H3,(H2,16,17)/t10-,12-/m1/s1.